The first-order chi connectivity index (χ1) is 28.0. The van der Waals surface area contributed by atoms with Crippen molar-refractivity contribution in [3.63, 3.8) is 0 Å². The molecule has 4 rings (SSSR count). The van der Waals surface area contributed by atoms with Crippen molar-refractivity contribution in [3.05, 3.63) is 99.9 Å². The van der Waals surface area contributed by atoms with Gasteiger partial charge in [-0.3, -0.25) is 9.59 Å². The van der Waals surface area contributed by atoms with Gasteiger partial charge in [0.25, 0.3) is 11.8 Å². The van der Waals surface area contributed by atoms with Gasteiger partial charge < -0.3 is 55.0 Å². The Morgan fingerprint density at radius 3 is 1.74 bits per heavy atom. The monoisotopic (exact) mass is 787 g/mol. The second-order valence-corrected chi connectivity index (χ2v) is 11.8. The number of rotatable bonds is 28. The predicted octanol–water partition coefficient (Wildman–Crippen LogP) is 4.19. The zero-order valence-corrected chi connectivity index (χ0v) is 32.1. The molecule has 5 N–H and O–H groups in total. The van der Waals surface area contributed by atoms with Crippen LogP contribution in [0.25, 0.3) is 10.4 Å². The van der Waals surface area contributed by atoms with E-state index < -0.39 is 0 Å². The molecule has 0 saturated heterocycles. The highest BCUT2D eigenvalue weighted by Gasteiger charge is 2.11. The molecule has 57 heavy (non-hydrogen) atoms. The lowest BCUT2D eigenvalue weighted by atomic mass is 10.2. The van der Waals surface area contributed by atoms with Gasteiger partial charge in [0.1, 0.15) is 11.5 Å². The molecule has 304 valence electrons. The van der Waals surface area contributed by atoms with Gasteiger partial charge in [-0.05, 0) is 59.6 Å². The Kier molecular flexibility index (Phi) is 19.7. The molecular formula is C38H49N11O8. The van der Waals surface area contributed by atoms with E-state index in [9.17, 15) is 9.59 Å². The summed E-state index contributed by atoms with van der Waals surface area (Å²) in [6.45, 7) is 4.61. The van der Waals surface area contributed by atoms with Crippen LogP contribution in [0.4, 0.5) is 23.5 Å². The lowest BCUT2D eigenvalue weighted by Gasteiger charge is -2.13. The first kappa shape index (κ1) is 43.5. The molecule has 1 heterocycles. The van der Waals surface area contributed by atoms with E-state index in [1.165, 1.54) is 0 Å². The second-order valence-electron chi connectivity index (χ2n) is 11.8. The SMILES string of the molecule is COc1cc(CNc2nc(NCCOCCOCCNC(=O)c3ccccc3)nc(Nc3ccc(C(=O)NCCOCCOCCN=[N+]=[N-])cc3)n2)cc(OC)c1. The molecule has 0 fully saturated rings. The van der Waals surface area contributed by atoms with Gasteiger partial charge in [0.15, 0.2) is 0 Å². The molecule has 19 nitrogen and oxygen atoms in total. The van der Waals surface area contributed by atoms with Crippen LogP contribution in [0.15, 0.2) is 77.9 Å². The molecule has 0 bridgehead atoms. The first-order valence-corrected chi connectivity index (χ1v) is 18.2. The van der Waals surface area contributed by atoms with Crippen LogP contribution < -0.4 is 36.1 Å². The Balaban J connectivity index is 1.24. The number of ether oxygens (including phenoxy) is 6. The minimum atomic E-state index is -0.246. The van der Waals surface area contributed by atoms with Gasteiger partial charge in [-0.1, -0.05) is 23.3 Å². The van der Waals surface area contributed by atoms with Gasteiger partial charge in [0.2, 0.25) is 17.8 Å². The van der Waals surface area contributed by atoms with E-state index in [0.717, 1.165) is 5.56 Å². The fraction of sp³-hybridized carbons (Fsp3) is 0.395. The number of methoxy groups -OCH3 is 2. The number of benzene rings is 3. The van der Waals surface area contributed by atoms with Crippen molar-refractivity contribution in [2.24, 2.45) is 5.11 Å². The maximum atomic E-state index is 12.7. The van der Waals surface area contributed by atoms with Gasteiger partial charge in [-0.15, -0.1) is 0 Å². The van der Waals surface area contributed by atoms with E-state index in [0.29, 0.717) is 119 Å². The molecule has 0 spiro atoms. The van der Waals surface area contributed by atoms with Gasteiger partial charge in [0, 0.05) is 60.5 Å². The molecule has 4 aromatic rings. The summed E-state index contributed by atoms with van der Waals surface area (Å²) in [6.07, 6.45) is 0. The summed E-state index contributed by atoms with van der Waals surface area (Å²) >= 11 is 0. The quantitative estimate of drug-likeness (QED) is 0.0235. The van der Waals surface area contributed by atoms with E-state index in [4.69, 9.17) is 34.0 Å². The van der Waals surface area contributed by atoms with Crippen LogP contribution >= 0.6 is 0 Å². The lowest BCUT2D eigenvalue weighted by molar-refractivity contribution is 0.0511. The number of azide groups is 1. The Morgan fingerprint density at radius 1 is 0.632 bits per heavy atom. The minimum Gasteiger partial charge on any atom is -0.497 e. The number of hydrogen-bond donors (Lipinski definition) is 5. The number of hydrogen-bond acceptors (Lipinski definition) is 15. The van der Waals surface area contributed by atoms with Crippen LogP contribution in [0.5, 0.6) is 11.5 Å². The summed E-state index contributed by atoms with van der Waals surface area (Å²) in [5, 5.41) is 18.6. The number of carbonyl (C=O) groups is 2. The fourth-order valence-corrected chi connectivity index (χ4v) is 4.87. The van der Waals surface area contributed by atoms with Crippen molar-refractivity contribution in [3.8, 4) is 11.5 Å². The predicted molar refractivity (Wildman–Crippen MR) is 213 cm³/mol. The molecule has 0 aliphatic heterocycles. The molecule has 0 unspecified atom stereocenters. The third-order valence-corrected chi connectivity index (χ3v) is 7.67. The third kappa shape index (κ3) is 17.0. The highest BCUT2D eigenvalue weighted by atomic mass is 16.5. The van der Waals surface area contributed by atoms with E-state index >= 15 is 0 Å². The third-order valence-electron chi connectivity index (χ3n) is 7.67. The van der Waals surface area contributed by atoms with Crippen LogP contribution in [0.2, 0.25) is 0 Å². The standard InChI is InChI=1S/C38H49N11O8/c1-52-32-24-28(25-33(26-32)53-2)27-43-37-46-36(42-14-18-56-21-20-54-16-12-40-34(50)29-6-4-3-5-7-29)47-38(48-37)45-31-10-8-30(9-11-31)35(51)41-13-17-55-22-23-57-19-15-44-49-39/h3-11,24-26H,12-23,27H2,1-2H3,(H,40,50)(H,41,51)(H3,42,43,45,46,47,48). The fourth-order valence-electron chi connectivity index (χ4n) is 4.87. The number of anilines is 4. The maximum Gasteiger partial charge on any atom is 0.251 e. The molecule has 0 saturated carbocycles. The highest BCUT2D eigenvalue weighted by molar-refractivity contribution is 5.94. The van der Waals surface area contributed by atoms with Crippen molar-refractivity contribution < 1.29 is 38.0 Å². The van der Waals surface area contributed by atoms with Crippen LogP contribution in [-0.2, 0) is 25.5 Å². The Hall–Kier alpha value is -6.24. The number of carbonyl (C=O) groups excluding carboxylic acids is 2. The second kappa shape index (κ2) is 25.8. The van der Waals surface area contributed by atoms with Crippen molar-refractivity contribution in [2.45, 2.75) is 6.54 Å². The van der Waals surface area contributed by atoms with Crippen molar-refractivity contribution >= 4 is 35.3 Å². The molecule has 2 amide bonds. The number of nitrogens with one attached hydrogen (secondary N) is 5. The Labute approximate surface area is 330 Å². The minimum absolute atomic E-state index is 0.144. The number of nitrogens with zero attached hydrogens (tertiary/aromatic N) is 6. The lowest BCUT2D eigenvalue weighted by Crippen LogP contribution is -2.27. The molecule has 0 radical (unpaired) electrons. The highest BCUT2D eigenvalue weighted by Crippen LogP contribution is 2.23. The largest absolute Gasteiger partial charge is 0.497 e. The van der Waals surface area contributed by atoms with Crippen molar-refractivity contribution in [2.75, 3.05) is 109 Å². The van der Waals surface area contributed by atoms with Crippen LogP contribution in [-0.4, -0.2) is 120 Å². The zero-order chi connectivity index (χ0) is 40.3. The molecule has 3 aromatic carbocycles. The van der Waals surface area contributed by atoms with Crippen LogP contribution in [0.3, 0.4) is 0 Å². The van der Waals surface area contributed by atoms with Gasteiger partial charge >= 0.3 is 0 Å². The summed E-state index contributed by atoms with van der Waals surface area (Å²) in [7, 11) is 3.18. The summed E-state index contributed by atoms with van der Waals surface area (Å²) in [5.74, 6) is 1.80. The first-order valence-electron chi connectivity index (χ1n) is 18.2. The summed E-state index contributed by atoms with van der Waals surface area (Å²) in [6, 6.07) is 21.4. The van der Waals surface area contributed by atoms with E-state index in [1.807, 2.05) is 30.3 Å². The van der Waals surface area contributed by atoms with Gasteiger partial charge in [0.05, 0.1) is 67.1 Å². The van der Waals surface area contributed by atoms with Gasteiger partial charge in [-0.2, -0.15) is 15.0 Å². The average Bonchev–Trinajstić information content (AvgIpc) is 3.24. The zero-order valence-electron chi connectivity index (χ0n) is 32.1. The Bertz CT molecular complexity index is 1830. The van der Waals surface area contributed by atoms with E-state index in [1.54, 1.807) is 56.7 Å². The molecule has 0 aliphatic carbocycles. The molecular weight excluding hydrogens is 738 g/mol. The number of amides is 2. The van der Waals surface area contributed by atoms with E-state index in [2.05, 4.69) is 51.6 Å². The smallest absolute Gasteiger partial charge is 0.251 e. The molecule has 0 aliphatic rings. The molecule has 0 atom stereocenters. The maximum absolute atomic E-state index is 12.7. The van der Waals surface area contributed by atoms with E-state index in [-0.39, 0.29) is 24.3 Å². The topological polar surface area (TPSA) is 237 Å². The average molecular weight is 788 g/mol. The normalized spacial score (nSPS) is 10.6. The molecule has 19 heteroatoms. The van der Waals surface area contributed by atoms with Crippen molar-refractivity contribution in [1.29, 1.82) is 0 Å². The van der Waals surface area contributed by atoms with Crippen molar-refractivity contribution in [1.82, 2.24) is 25.6 Å². The molecule has 1 aromatic heterocycles. The summed E-state index contributed by atoms with van der Waals surface area (Å²) < 4.78 is 32.8. The summed E-state index contributed by atoms with van der Waals surface area (Å²) in [5.41, 5.74) is 10.9. The Morgan fingerprint density at radius 2 is 1.16 bits per heavy atom. The van der Waals surface area contributed by atoms with Gasteiger partial charge in [-0.25, -0.2) is 0 Å². The van der Waals surface area contributed by atoms with Crippen LogP contribution in [0, 0.1) is 0 Å². The number of aromatic nitrogens is 3. The summed E-state index contributed by atoms with van der Waals surface area (Å²) in [4.78, 5) is 41.0. The van der Waals surface area contributed by atoms with Crippen LogP contribution in [0.1, 0.15) is 26.3 Å².